The van der Waals surface area contributed by atoms with Crippen molar-refractivity contribution in [1.29, 1.82) is 0 Å². The van der Waals surface area contributed by atoms with Gasteiger partial charge in [0.05, 0.1) is 5.41 Å². The predicted octanol–water partition coefficient (Wildman–Crippen LogP) is 3.64. The summed E-state index contributed by atoms with van der Waals surface area (Å²) >= 11 is 0. The van der Waals surface area contributed by atoms with Crippen LogP contribution in [-0.2, 0) is 9.59 Å². The zero-order chi connectivity index (χ0) is 24.3. The summed E-state index contributed by atoms with van der Waals surface area (Å²) in [5.41, 5.74) is -1.95. The molecule has 0 aromatic rings. The third kappa shape index (κ3) is 3.47. The second-order valence-electron chi connectivity index (χ2n) is 11.8. The van der Waals surface area contributed by atoms with Gasteiger partial charge in [-0.3, -0.25) is 9.59 Å². The van der Waals surface area contributed by atoms with E-state index in [-0.39, 0.29) is 35.4 Å². The molecule has 4 rings (SSSR count). The number of carbonyl (C=O) groups is 2. The van der Waals surface area contributed by atoms with Crippen molar-refractivity contribution < 1.29 is 30.0 Å². The Morgan fingerprint density at radius 2 is 1.73 bits per heavy atom. The van der Waals surface area contributed by atoms with Crippen molar-refractivity contribution in [2.75, 3.05) is 0 Å². The molecule has 2 bridgehead atoms. The van der Waals surface area contributed by atoms with Gasteiger partial charge in [0, 0.05) is 12.3 Å². The van der Waals surface area contributed by atoms with Crippen molar-refractivity contribution in [2.45, 2.75) is 96.9 Å². The molecule has 4 aliphatic carbocycles. The first-order chi connectivity index (χ1) is 15.4. The first-order valence-corrected chi connectivity index (χ1v) is 12.6. The topological polar surface area (TPSA) is 115 Å². The standard InChI is InChI=1S/C27H40O6/c1-15-14-26-16(2)12-19-21(25(19,3)4)18(24(26)32)13-17(23(31)27(26,33)22(15)30)10-8-6-5-7-9-11-20(28)29/h13-14,16,18-19,21-23,30-31,33H,5-12H2,1-4H3,(H,28,29). The van der Waals surface area contributed by atoms with Gasteiger partial charge in [-0.15, -0.1) is 0 Å². The number of carboxylic acids is 1. The highest BCUT2D eigenvalue weighted by Gasteiger charge is 2.75. The maximum Gasteiger partial charge on any atom is 0.303 e. The van der Waals surface area contributed by atoms with Gasteiger partial charge in [-0.2, -0.15) is 0 Å². The second-order valence-corrected chi connectivity index (χ2v) is 11.8. The molecule has 0 amide bonds. The molecule has 0 aromatic carbocycles. The third-order valence-electron chi connectivity index (χ3n) is 9.61. The second kappa shape index (κ2) is 8.31. The minimum Gasteiger partial charge on any atom is -0.481 e. The minimum atomic E-state index is -1.95. The molecular formula is C27H40O6. The summed E-state index contributed by atoms with van der Waals surface area (Å²) in [7, 11) is 0. The fourth-order valence-corrected chi connectivity index (χ4v) is 7.65. The van der Waals surface area contributed by atoms with Crippen LogP contribution in [0.5, 0.6) is 0 Å². The number of allylic oxidation sites excluding steroid dienone is 1. The number of ketones is 1. The molecular weight excluding hydrogens is 420 g/mol. The molecule has 0 saturated heterocycles. The number of hydrogen-bond donors (Lipinski definition) is 4. The molecule has 6 heteroatoms. The SMILES string of the molecule is CC1=CC23C(=O)C(C=C(CCCCCCCC(=O)O)C(O)C2(O)C1O)C1C(CC3C)C1(C)C. The first-order valence-electron chi connectivity index (χ1n) is 12.6. The Morgan fingerprint density at radius 1 is 1.09 bits per heavy atom. The Labute approximate surface area is 196 Å². The number of aliphatic hydroxyl groups is 3. The van der Waals surface area contributed by atoms with E-state index in [2.05, 4.69) is 13.8 Å². The Balaban J connectivity index is 1.61. The number of carboxylic acid groups (broad SMARTS) is 1. The van der Waals surface area contributed by atoms with Crippen LogP contribution < -0.4 is 0 Å². The fraction of sp³-hybridized carbons (Fsp3) is 0.778. The number of Topliss-reactive ketones (excluding diaryl/α,β-unsaturated/α-hetero) is 1. The Morgan fingerprint density at radius 3 is 2.39 bits per heavy atom. The van der Waals surface area contributed by atoms with Crippen LogP contribution in [0.4, 0.5) is 0 Å². The van der Waals surface area contributed by atoms with Crippen LogP contribution in [0.1, 0.15) is 79.1 Å². The Bertz CT molecular complexity index is 887. The molecule has 184 valence electrons. The normalized spacial score (nSPS) is 43.1. The van der Waals surface area contributed by atoms with E-state index in [9.17, 15) is 24.9 Å². The molecule has 2 saturated carbocycles. The van der Waals surface area contributed by atoms with E-state index in [0.717, 1.165) is 32.1 Å². The summed E-state index contributed by atoms with van der Waals surface area (Å²) in [6.45, 7) is 8.16. The van der Waals surface area contributed by atoms with E-state index in [1.807, 2.05) is 13.0 Å². The van der Waals surface area contributed by atoms with Crippen LogP contribution in [0.2, 0.25) is 0 Å². The van der Waals surface area contributed by atoms with E-state index in [1.165, 1.54) is 0 Å². The maximum absolute atomic E-state index is 14.2. The third-order valence-corrected chi connectivity index (χ3v) is 9.61. The number of aliphatic hydroxyl groups excluding tert-OH is 2. The lowest BCUT2D eigenvalue weighted by Crippen LogP contribution is -2.65. The van der Waals surface area contributed by atoms with Gasteiger partial charge in [0.25, 0.3) is 0 Å². The average Bonchev–Trinajstić information content (AvgIpc) is 3.24. The smallest absolute Gasteiger partial charge is 0.303 e. The van der Waals surface area contributed by atoms with Crippen LogP contribution >= 0.6 is 0 Å². The van der Waals surface area contributed by atoms with Gasteiger partial charge in [0.2, 0.25) is 0 Å². The molecule has 1 spiro atoms. The first kappa shape index (κ1) is 24.6. The summed E-state index contributed by atoms with van der Waals surface area (Å²) in [5.74, 6) is -0.784. The number of rotatable bonds is 8. The highest BCUT2D eigenvalue weighted by atomic mass is 16.4. The summed E-state index contributed by atoms with van der Waals surface area (Å²) in [6, 6.07) is 0. The van der Waals surface area contributed by atoms with Gasteiger partial charge in [0.15, 0.2) is 5.78 Å². The summed E-state index contributed by atoms with van der Waals surface area (Å²) in [4.78, 5) is 24.8. The van der Waals surface area contributed by atoms with Crippen molar-refractivity contribution in [3.8, 4) is 0 Å². The van der Waals surface area contributed by atoms with E-state index in [4.69, 9.17) is 5.11 Å². The van der Waals surface area contributed by atoms with E-state index in [1.54, 1.807) is 13.0 Å². The lowest BCUT2D eigenvalue weighted by Gasteiger charge is -2.48. The molecule has 0 aliphatic heterocycles. The fourth-order valence-electron chi connectivity index (χ4n) is 7.65. The molecule has 4 aliphatic rings. The van der Waals surface area contributed by atoms with Gasteiger partial charge in [-0.25, -0.2) is 0 Å². The molecule has 4 N–H and O–H groups in total. The van der Waals surface area contributed by atoms with Crippen molar-refractivity contribution in [3.05, 3.63) is 23.3 Å². The zero-order valence-corrected chi connectivity index (χ0v) is 20.4. The lowest BCUT2D eigenvalue weighted by atomic mass is 9.59. The number of carbonyl (C=O) groups excluding carboxylic acids is 1. The Kier molecular flexibility index (Phi) is 6.20. The quantitative estimate of drug-likeness (QED) is 0.325. The molecule has 33 heavy (non-hydrogen) atoms. The van der Waals surface area contributed by atoms with Crippen LogP contribution in [0, 0.1) is 34.5 Å². The van der Waals surface area contributed by atoms with Crippen LogP contribution in [0.3, 0.4) is 0 Å². The molecule has 2 fully saturated rings. The van der Waals surface area contributed by atoms with Gasteiger partial charge < -0.3 is 20.4 Å². The largest absolute Gasteiger partial charge is 0.481 e. The number of fused-ring (bicyclic) bond motifs is 3. The molecule has 8 unspecified atom stereocenters. The van der Waals surface area contributed by atoms with Crippen LogP contribution in [0.25, 0.3) is 0 Å². The molecule has 0 radical (unpaired) electrons. The average molecular weight is 461 g/mol. The number of unbranched alkanes of at least 4 members (excludes halogenated alkanes) is 4. The van der Waals surface area contributed by atoms with Gasteiger partial charge in [-0.05, 0) is 66.9 Å². The van der Waals surface area contributed by atoms with Gasteiger partial charge in [0.1, 0.15) is 17.8 Å². The molecule has 0 aromatic heterocycles. The maximum atomic E-state index is 14.2. The van der Waals surface area contributed by atoms with Crippen molar-refractivity contribution in [1.82, 2.24) is 0 Å². The molecule has 0 heterocycles. The highest BCUT2D eigenvalue weighted by molar-refractivity contribution is 5.95. The summed E-state index contributed by atoms with van der Waals surface area (Å²) in [6.07, 6.45) is 6.76. The van der Waals surface area contributed by atoms with Crippen LogP contribution in [0.15, 0.2) is 23.3 Å². The van der Waals surface area contributed by atoms with E-state index in [0.29, 0.717) is 29.9 Å². The van der Waals surface area contributed by atoms with Crippen molar-refractivity contribution in [3.63, 3.8) is 0 Å². The summed E-state index contributed by atoms with van der Waals surface area (Å²) < 4.78 is 0. The monoisotopic (exact) mass is 460 g/mol. The number of hydrogen-bond acceptors (Lipinski definition) is 5. The predicted molar refractivity (Wildman–Crippen MR) is 124 cm³/mol. The van der Waals surface area contributed by atoms with Gasteiger partial charge >= 0.3 is 5.97 Å². The zero-order valence-electron chi connectivity index (χ0n) is 20.4. The number of aliphatic carboxylic acids is 1. The summed E-state index contributed by atoms with van der Waals surface area (Å²) in [5, 5.41) is 43.4. The van der Waals surface area contributed by atoms with E-state index >= 15 is 0 Å². The minimum absolute atomic E-state index is 0.0470. The highest BCUT2D eigenvalue weighted by Crippen LogP contribution is 2.71. The molecule has 8 atom stereocenters. The van der Waals surface area contributed by atoms with Crippen LogP contribution in [-0.4, -0.2) is 50.0 Å². The Hall–Kier alpha value is -1.50. The van der Waals surface area contributed by atoms with Crippen molar-refractivity contribution >= 4 is 11.8 Å². The molecule has 6 nitrogen and oxygen atoms in total. The van der Waals surface area contributed by atoms with Gasteiger partial charge in [-0.1, -0.05) is 52.2 Å². The lowest BCUT2D eigenvalue weighted by molar-refractivity contribution is -0.189. The van der Waals surface area contributed by atoms with E-state index < -0.39 is 29.2 Å². The van der Waals surface area contributed by atoms with Crippen molar-refractivity contribution in [2.24, 2.45) is 34.5 Å².